The molecular formula is C14H28N2O. The summed E-state index contributed by atoms with van der Waals surface area (Å²) in [5.74, 6) is 0. The van der Waals surface area contributed by atoms with Crippen LogP contribution >= 0.6 is 0 Å². The highest BCUT2D eigenvalue weighted by Crippen LogP contribution is 2.22. The first-order valence-corrected chi connectivity index (χ1v) is 7.20. The van der Waals surface area contributed by atoms with Crippen molar-refractivity contribution in [2.24, 2.45) is 0 Å². The van der Waals surface area contributed by atoms with Gasteiger partial charge in [0.1, 0.15) is 0 Å². The number of nitrogens with zero attached hydrogens (tertiary/aromatic N) is 2. The van der Waals surface area contributed by atoms with E-state index in [9.17, 15) is 0 Å². The molecule has 3 nitrogen and oxygen atoms in total. The average Bonchev–Trinajstić information content (AvgIpc) is 2.28. The molecule has 0 unspecified atom stereocenters. The van der Waals surface area contributed by atoms with Gasteiger partial charge in [-0.3, -0.25) is 4.90 Å². The molecule has 100 valence electrons. The van der Waals surface area contributed by atoms with Gasteiger partial charge in [0.2, 0.25) is 0 Å². The number of ether oxygens (including phenoxy) is 1. The van der Waals surface area contributed by atoms with Crippen LogP contribution in [0.15, 0.2) is 0 Å². The Morgan fingerprint density at radius 3 is 2.00 bits per heavy atom. The third-order valence-electron chi connectivity index (χ3n) is 4.19. The molecule has 3 heteroatoms. The summed E-state index contributed by atoms with van der Waals surface area (Å²) in [5, 5.41) is 0. The Balaban J connectivity index is 1.83. The maximum Gasteiger partial charge on any atom is 0.0678 e. The van der Waals surface area contributed by atoms with E-state index in [1.807, 2.05) is 0 Å². The van der Waals surface area contributed by atoms with Crippen LogP contribution in [0.2, 0.25) is 0 Å². The van der Waals surface area contributed by atoms with Crippen LogP contribution < -0.4 is 0 Å². The van der Waals surface area contributed by atoms with Gasteiger partial charge in [-0.2, -0.15) is 0 Å². The van der Waals surface area contributed by atoms with Crippen molar-refractivity contribution in [3.05, 3.63) is 0 Å². The Morgan fingerprint density at radius 1 is 1.00 bits per heavy atom. The zero-order valence-corrected chi connectivity index (χ0v) is 11.9. The summed E-state index contributed by atoms with van der Waals surface area (Å²) in [4.78, 5) is 5.26. The summed E-state index contributed by atoms with van der Waals surface area (Å²) in [6.45, 7) is 13.8. The van der Waals surface area contributed by atoms with E-state index in [0.29, 0.717) is 18.2 Å². The molecule has 2 saturated heterocycles. The van der Waals surface area contributed by atoms with E-state index in [1.165, 1.54) is 25.9 Å². The highest BCUT2D eigenvalue weighted by Gasteiger charge is 2.30. The molecular weight excluding hydrogens is 212 g/mol. The molecule has 0 N–H and O–H groups in total. The van der Waals surface area contributed by atoms with Crippen molar-refractivity contribution in [2.45, 2.75) is 64.8 Å². The van der Waals surface area contributed by atoms with E-state index in [4.69, 9.17) is 4.74 Å². The van der Waals surface area contributed by atoms with E-state index in [-0.39, 0.29) is 0 Å². The molecule has 2 atom stereocenters. The van der Waals surface area contributed by atoms with Crippen LogP contribution in [0.1, 0.15) is 40.5 Å². The molecule has 17 heavy (non-hydrogen) atoms. The van der Waals surface area contributed by atoms with E-state index in [2.05, 4.69) is 37.5 Å². The molecule has 0 aliphatic carbocycles. The van der Waals surface area contributed by atoms with Gasteiger partial charge in [-0.1, -0.05) is 0 Å². The van der Waals surface area contributed by atoms with Gasteiger partial charge in [0, 0.05) is 25.2 Å². The van der Waals surface area contributed by atoms with Gasteiger partial charge in [0.25, 0.3) is 0 Å². The molecule has 2 aliphatic heterocycles. The maximum atomic E-state index is 5.81. The van der Waals surface area contributed by atoms with E-state index < -0.39 is 0 Å². The van der Waals surface area contributed by atoms with Crippen molar-refractivity contribution in [3.8, 4) is 0 Å². The zero-order valence-electron chi connectivity index (χ0n) is 11.9. The Morgan fingerprint density at radius 2 is 1.53 bits per heavy atom. The first-order valence-electron chi connectivity index (χ1n) is 7.20. The molecule has 0 amide bonds. The fourth-order valence-corrected chi connectivity index (χ4v) is 3.28. The first-order chi connectivity index (χ1) is 8.06. The molecule has 0 spiro atoms. The van der Waals surface area contributed by atoms with Gasteiger partial charge < -0.3 is 9.64 Å². The number of rotatable bonds is 2. The lowest BCUT2D eigenvalue weighted by Crippen LogP contribution is -2.53. The fourth-order valence-electron chi connectivity index (χ4n) is 3.28. The molecule has 0 bridgehead atoms. The van der Waals surface area contributed by atoms with Crippen LogP contribution in [0.25, 0.3) is 0 Å². The first kappa shape index (κ1) is 13.3. The Labute approximate surface area is 106 Å². The average molecular weight is 240 g/mol. The Hall–Kier alpha value is -0.120. The second-order valence-electron chi connectivity index (χ2n) is 6.07. The van der Waals surface area contributed by atoms with E-state index in [1.54, 1.807) is 0 Å². The highest BCUT2D eigenvalue weighted by atomic mass is 16.5. The molecule has 2 rings (SSSR count). The third kappa shape index (κ3) is 3.43. The van der Waals surface area contributed by atoms with E-state index in [0.717, 1.165) is 19.1 Å². The van der Waals surface area contributed by atoms with Crippen molar-refractivity contribution in [2.75, 3.05) is 26.2 Å². The van der Waals surface area contributed by atoms with Crippen LogP contribution in [0.5, 0.6) is 0 Å². The fraction of sp³-hybridized carbons (Fsp3) is 1.00. The summed E-state index contributed by atoms with van der Waals surface area (Å²) in [5.41, 5.74) is 0. The van der Waals surface area contributed by atoms with E-state index >= 15 is 0 Å². The SMILES string of the molecule is CC(C)N1CCC(N2C[C@@H](C)O[C@@H](C)C2)CC1. The summed E-state index contributed by atoms with van der Waals surface area (Å²) < 4.78 is 5.81. The molecule has 0 aromatic heterocycles. The normalized spacial score (nSPS) is 34.4. The monoisotopic (exact) mass is 240 g/mol. The number of hydrogen-bond donors (Lipinski definition) is 0. The van der Waals surface area contributed by atoms with Crippen molar-refractivity contribution >= 4 is 0 Å². The van der Waals surface area contributed by atoms with Crippen LogP contribution in [-0.2, 0) is 4.74 Å². The predicted molar refractivity (Wildman–Crippen MR) is 71.3 cm³/mol. The van der Waals surface area contributed by atoms with Gasteiger partial charge in [-0.15, -0.1) is 0 Å². The maximum absolute atomic E-state index is 5.81. The lowest BCUT2D eigenvalue weighted by atomic mass is 10.0. The smallest absolute Gasteiger partial charge is 0.0678 e. The molecule has 0 radical (unpaired) electrons. The molecule has 2 heterocycles. The van der Waals surface area contributed by atoms with Crippen LogP contribution in [-0.4, -0.2) is 60.3 Å². The van der Waals surface area contributed by atoms with Crippen molar-refractivity contribution in [3.63, 3.8) is 0 Å². The molecule has 0 saturated carbocycles. The minimum atomic E-state index is 0.405. The quantitative estimate of drug-likeness (QED) is 0.734. The van der Waals surface area contributed by atoms with Gasteiger partial charge in [-0.25, -0.2) is 0 Å². The minimum absolute atomic E-state index is 0.405. The topological polar surface area (TPSA) is 15.7 Å². The summed E-state index contributed by atoms with van der Waals surface area (Å²) in [6, 6.07) is 1.50. The number of likely N-dealkylation sites (tertiary alicyclic amines) is 1. The summed E-state index contributed by atoms with van der Waals surface area (Å²) in [7, 11) is 0. The Bertz CT molecular complexity index is 226. The lowest BCUT2D eigenvalue weighted by Gasteiger charge is -2.44. The Kier molecular flexibility index (Phi) is 4.45. The second kappa shape index (κ2) is 5.68. The molecule has 0 aromatic carbocycles. The summed E-state index contributed by atoms with van der Waals surface area (Å²) in [6.07, 6.45) is 3.47. The van der Waals surface area contributed by atoms with Crippen LogP contribution in [0.3, 0.4) is 0 Å². The van der Waals surface area contributed by atoms with Gasteiger partial charge in [-0.05, 0) is 53.6 Å². The van der Waals surface area contributed by atoms with Gasteiger partial charge >= 0.3 is 0 Å². The predicted octanol–water partition coefficient (Wildman–Crippen LogP) is 1.97. The summed E-state index contributed by atoms with van der Waals surface area (Å²) >= 11 is 0. The number of piperidine rings is 1. The standard InChI is InChI=1S/C14H28N2O/c1-11(2)15-7-5-14(6-8-15)16-9-12(3)17-13(4)10-16/h11-14H,5-10H2,1-4H3/t12-,13+. The third-order valence-corrected chi connectivity index (χ3v) is 4.19. The lowest BCUT2D eigenvalue weighted by molar-refractivity contribution is -0.0870. The largest absolute Gasteiger partial charge is 0.373 e. The van der Waals surface area contributed by atoms with Crippen molar-refractivity contribution < 1.29 is 4.74 Å². The molecule has 2 fully saturated rings. The van der Waals surface area contributed by atoms with Crippen LogP contribution in [0.4, 0.5) is 0 Å². The minimum Gasteiger partial charge on any atom is -0.373 e. The van der Waals surface area contributed by atoms with Crippen molar-refractivity contribution in [1.82, 2.24) is 9.80 Å². The van der Waals surface area contributed by atoms with Gasteiger partial charge in [0.05, 0.1) is 12.2 Å². The zero-order chi connectivity index (χ0) is 12.4. The highest BCUT2D eigenvalue weighted by molar-refractivity contribution is 4.85. The number of morpholine rings is 1. The van der Waals surface area contributed by atoms with Crippen LogP contribution in [0, 0.1) is 0 Å². The molecule has 0 aromatic rings. The second-order valence-corrected chi connectivity index (χ2v) is 6.07. The number of hydrogen-bond acceptors (Lipinski definition) is 3. The van der Waals surface area contributed by atoms with Crippen molar-refractivity contribution in [1.29, 1.82) is 0 Å². The van der Waals surface area contributed by atoms with Gasteiger partial charge in [0.15, 0.2) is 0 Å². The molecule has 2 aliphatic rings.